The van der Waals surface area contributed by atoms with E-state index in [1.807, 2.05) is 0 Å². The van der Waals surface area contributed by atoms with E-state index in [-0.39, 0.29) is 17.2 Å². The molecule has 2 aromatic carbocycles. The summed E-state index contributed by atoms with van der Waals surface area (Å²) in [5.41, 5.74) is 0.628. The van der Waals surface area contributed by atoms with Crippen molar-refractivity contribution in [3.8, 4) is 5.75 Å². The van der Waals surface area contributed by atoms with Crippen LogP contribution < -0.4 is 10.2 Å². The number of benzene rings is 2. The van der Waals surface area contributed by atoms with Crippen molar-refractivity contribution in [1.29, 1.82) is 0 Å². The summed E-state index contributed by atoms with van der Waals surface area (Å²) in [6, 6.07) is 11.5. The Bertz CT molecular complexity index is 967. The molecule has 1 atom stereocenters. The molecule has 0 radical (unpaired) electrons. The van der Waals surface area contributed by atoms with Crippen LogP contribution in [-0.2, 0) is 14.3 Å². The second-order valence-electron chi connectivity index (χ2n) is 7.27. The standard InChI is InChI=1S/C21H22N2O5/c1-12-9-10-14(17(24)11-12)19(26)28-13(2)18(25)23-16-8-6-5-7-15(16)22-20(27)21(23,3)4/h5-11,13,24H,1-4H3,(H,22,27)/t13-/m1/s1. The van der Waals surface area contributed by atoms with Crippen LogP contribution in [0.1, 0.15) is 36.7 Å². The number of hydrogen-bond acceptors (Lipinski definition) is 5. The van der Waals surface area contributed by atoms with Crippen LogP contribution in [0.15, 0.2) is 42.5 Å². The fraction of sp³-hybridized carbons (Fsp3) is 0.286. The van der Waals surface area contributed by atoms with Gasteiger partial charge in [-0.3, -0.25) is 14.5 Å². The number of nitrogens with zero attached hydrogens (tertiary/aromatic N) is 1. The van der Waals surface area contributed by atoms with Crippen molar-refractivity contribution in [3.63, 3.8) is 0 Å². The molecule has 0 saturated carbocycles. The Morgan fingerprint density at radius 2 is 1.86 bits per heavy atom. The predicted octanol–water partition coefficient (Wildman–Crippen LogP) is 3.01. The van der Waals surface area contributed by atoms with Crippen molar-refractivity contribution in [1.82, 2.24) is 0 Å². The zero-order valence-electron chi connectivity index (χ0n) is 16.1. The number of fused-ring (bicyclic) bond motifs is 1. The highest BCUT2D eigenvalue weighted by atomic mass is 16.5. The zero-order valence-corrected chi connectivity index (χ0v) is 16.1. The van der Waals surface area contributed by atoms with Gasteiger partial charge in [-0.1, -0.05) is 18.2 Å². The highest BCUT2D eigenvalue weighted by Gasteiger charge is 2.45. The maximum Gasteiger partial charge on any atom is 0.342 e. The molecule has 0 saturated heterocycles. The van der Waals surface area contributed by atoms with Crippen molar-refractivity contribution in [2.75, 3.05) is 10.2 Å². The lowest BCUT2D eigenvalue weighted by molar-refractivity contribution is -0.131. The number of para-hydroxylation sites is 2. The molecule has 0 spiro atoms. The normalized spacial score (nSPS) is 16.0. The van der Waals surface area contributed by atoms with E-state index in [0.717, 1.165) is 5.56 Å². The summed E-state index contributed by atoms with van der Waals surface area (Å²) >= 11 is 0. The summed E-state index contributed by atoms with van der Waals surface area (Å²) in [6.07, 6.45) is -1.16. The molecule has 7 nitrogen and oxygen atoms in total. The summed E-state index contributed by atoms with van der Waals surface area (Å²) in [5.74, 6) is -1.90. The molecule has 2 N–H and O–H groups in total. The third-order valence-corrected chi connectivity index (χ3v) is 4.73. The Hall–Kier alpha value is -3.35. The van der Waals surface area contributed by atoms with Crippen molar-refractivity contribution >= 4 is 29.2 Å². The number of phenols is 1. The molecule has 3 rings (SSSR count). The quantitative estimate of drug-likeness (QED) is 0.796. The molecular formula is C21H22N2O5. The van der Waals surface area contributed by atoms with Gasteiger partial charge >= 0.3 is 5.97 Å². The molecule has 0 aliphatic carbocycles. The van der Waals surface area contributed by atoms with Gasteiger partial charge in [0.2, 0.25) is 5.91 Å². The molecular weight excluding hydrogens is 360 g/mol. The number of hydrogen-bond donors (Lipinski definition) is 2. The van der Waals surface area contributed by atoms with Gasteiger partial charge in [-0.2, -0.15) is 0 Å². The highest BCUT2D eigenvalue weighted by molar-refractivity contribution is 6.15. The first-order valence-corrected chi connectivity index (χ1v) is 8.88. The van der Waals surface area contributed by atoms with Crippen LogP contribution in [0.2, 0.25) is 0 Å². The van der Waals surface area contributed by atoms with Crippen LogP contribution in [0.25, 0.3) is 0 Å². The first-order valence-electron chi connectivity index (χ1n) is 8.88. The summed E-state index contributed by atoms with van der Waals surface area (Å²) in [5, 5.41) is 12.7. The van der Waals surface area contributed by atoms with Crippen molar-refractivity contribution < 1.29 is 24.2 Å². The van der Waals surface area contributed by atoms with Crippen LogP contribution in [0.4, 0.5) is 11.4 Å². The largest absolute Gasteiger partial charge is 0.507 e. The van der Waals surface area contributed by atoms with E-state index in [4.69, 9.17) is 4.74 Å². The smallest absolute Gasteiger partial charge is 0.342 e. The van der Waals surface area contributed by atoms with Crippen molar-refractivity contribution in [2.24, 2.45) is 0 Å². The number of anilines is 2. The fourth-order valence-electron chi connectivity index (χ4n) is 3.12. The molecule has 2 amide bonds. The number of rotatable bonds is 3. The van der Waals surface area contributed by atoms with Gasteiger partial charge in [-0.05, 0) is 57.5 Å². The Morgan fingerprint density at radius 3 is 2.54 bits per heavy atom. The average molecular weight is 382 g/mol. The van der Waals surface area contributed by atoms with Gasteiger partial charge in [0.15, 0.2) is 6.10 Å². The van der Waals surface area contributed by atoms with Gasteiger partial charge in [0.25, 0.3) is 5.91 Å². The van der Waals surface area contributed by atoms with Gasteiger partial charge in [-0.25, -0.2) is 4.79 Å². The number of phenolic OH excluding ortho intramolecular Hbond substituents is 1. The predicted molar refractivity (Wildman–Crippen MR) is 104 cm³/mol. The van der Waals surface area contributed by atoms with Crippen LogP contribution in [0.5, 0.6) is 5.75 Å². The second kappa shape index (κ2) is 6.99. The van der Waals surface area contributed by atoms with Gasteiger partial charge < -0.3 is 15.2 Å². The van der Waals surface area contributed by atoms with Gasteiger partial charge in [-0.15, -0.1) is 0 Å². The molecule has 146 valence electrons. The maximum atomic E-state index is 13.1. The minimum atomic E-state index is -1.17. The monoisotopic (exact) mass is 382 g/mol. The van der Waals surface area contributed by atoms with Gasteiger partial charge in [0, 0.05) is 0 Å². The van der Waals surface area contributed by atoms with E-state index >= 15 is 0 Å². The number of aryl methyl sites for hydroxylation is 1. The number of carbonyl (C=O) groups is 3. The summed E-state index contributed by atoms with van der Waals surface area (Å²) in [6.45, 7) is 6.46. The van der Waals surface area contributed by atoms with E-state index in [9.17, 15) is 19.5 Å². The maximum absolute atomic E-state index is 13.1. The van der Waals surface area contributed by atoms with E-state index < -0.39 is 23.5 Å². The minimum Gasteiger partial charge on any atom is -0.507 e. The Labute approximate surface area is 162 Å². The lowest BCUT2D eigenvalue weighted by Gasteiger charge is -2.42. The molecule has 0 aromatic heterocycles. The third kappa shape index (κ3) is 3.31. The highest BCUT2D eigenvalue weighted by Crippen LogP contribution is 2.37. The van der Waals surface area contributed by atoms with Crippen LogP contribution >= 0.6 is 0 Å². The summed E-state index contributed by atoms with van der Waals surface area (Å²) in [7, 11) is 0. The molecule has 1 heterocycles. The van der Waals surface area contributed by atoms with E-state index in [0.29, 0.717) is 11.4 Å². The van der Waals surface area contributed by atoms with Crippen LogP contribution in [0.3, 0.4) is 0 Å². The zero-order chi connectivity index (χ0) is 20.6. The molecule has 0 unspecified atom stereocenters. The number of nitrogens with one attached hydrogen (secondary N) is 1. The SMILES string of the molecule is Cc1ccc(C(=O)O[C@H](C)C(=O)N2c3ccccc3NC(=O)C2(C)C)c(O)c1. The van der Waals surface area contributed by atoms with Gasteiger partial charge in [0.1, 0.15) is 16.9 Å². The summed E-state index contributed by atoms with van der Waals surface area (Å²) in [4.78, 5) is 39.4. The van der Waals surface area contributed by atoms with Gasteiger partial charge in [0.05, 0.1) is 11.4 Å². The summed E-state index contributed by atoms with van der Waals surface area (Å²) < 4.78 is 5.29. The lowest BCUT2D eigenvalue weighted by Crippen LogP contribution is -2.60. The molecule has 0 fully saturated rings. The Balaban J connectivity index is 1.88. The molecule has 0 bridgehead atoms. The Morgan fingerprint density at radius 1 is 1.18 bits per heavy atom. The van der Waals surface area contributed by atoms with Crippen molar-refractivity contribution in [3.05, 3.63) is 53.6 Å². The van der Waals surface area contributed by atoms with Crippen molar-refractivity contribution in [2.45, 2.75) is 39.3 Å². The number of carbonyl (C=O) groups excluding carboxylic acids is 3. The topological polar surface area (TPSA) is 95.9 Å². The van der Waals surface area contributed by atoms with Crippen LogP contribution in [0, 0.1) is 6.92 Å². The number of amides is 2. The first-order chi connectivity index (χ1) is 13.1. The number of aromatic hydroxyl groups is 1. The number of esters is 1. The van der Waals surface area contributed by atoms with E-state index in [1.54, 1.807) is 51.1 Å². The molecule has 7 heteroatoms. The average Bonchev–Trinajstić information content (AvgIpc) is 2.62. The fourth-order valence-corrected chi connectivity index (χ4v) is 3.12. The Kier molecular flexibility index (Phi) is 4.85. The lowest BCUT2D eigenvalue weighted by atomic mass is 9.95. The first kappa shape index (κ1) is 19.4. The molecule has 28 heavy (non-hydrogen) atoms. The van der Waals surface area contributed by atoms with E-state index in [2.05, 4.69) is 5.32 Å². The third-order valence-electron chi connectivity index (χ3n) is 4.73. The molecule has 1 aliphatic rings. The van der Waals surface area contributed by atoms with E-state index in [1.165, 1.54) is 24.0 Å². The van der Waals surface area contributed by atoms with Crippen LogP contribution in [-0.4, -0.2) is 34.5 Å². The minimum absolute atomic E-state index is 0.0266. The molecule has 1 aliphatic heterocycles. The molecule has 2 aromatic rings. The second-order valence-corrected chi connectivity index (χ2v) is 7.27. The number of ether oxygens (including phenoxy) is 1.